The van der Waals surface area contributed by atoms with Crippen LogP contribution < -0.4 is 5.32 Å². The summed E-state index contributed by atoms with van der Waals surface area (Å²) in [5, 5.41) is 5.10. The van der Waals surface area contributed by atoms with Crippen LogP contribution in [0.3, 0.4) is 0 Å². The minimum absolute atomic E-state index is 0.348. The molecule has 0 amide bonds. The number of likely N-dealkylation sites (N-methyl/N-ethyl adjacent to an activating group) is 1. The highest BCUT2D eigenvalue weighted by atomic mass is 32.1. The number of nitrogens with one attached hydrogen (secondary N) is 1. The van der Waals surface area contributed by atoms with E-state index in [0.717, 1.165) is 24.6 Å². The standard InChI is InChI=1S/C14H15F2NS/c1-17-5-4-13-7-10(9-18-13)6-11-8-12(15)2-3-14(11)16/h2-3,7-9,17H,4-6H2,1H3. The second-order valence-electron chi connectivity index (χ2n) is 4.19. The van der Waals surface area contributed by atoms with Crippen LogP contribution in [0.25, 0.3) is 0 Å². The van der Waals surface area contributed by atoms with Crippen molar-refractivity contribution in [1.82, 2.24) is 5.32 Å². The topological polar surface area (TPSA) is 12.0 Å². The molecule has 0 unspecified atom stereocenters. The molecule has 0 saturated carbocycles. The molecule has 18 heavy (non-hydrogen) atoms. The molecular formula is C14H15F2NS. The van der Waals surface area contributed by atoms with Gasteiger partial charge in [-0.15, -0.1) is 11.3 Å². The Labute approximate surface area is 109 Å². The van der Waals surface area contributed by atoms with Crippen LogP contribution in [0.1, 0.15) is 16.0 Å². The zero-order valence-corrected chi connectivity index (χ0v) is 11.0. The Morgan fingerprint density at radius 2 is 2.06 bits per heavy atom. The third kappa shape index (κ3) is 3.37. The molecule has 1 heterocycles. The molecule has 0 saturated heterocycles. The van der Waals surface area contributed by atoms with E-state index in [1.807, 2.05) is 12.4 Å². The number of hydrogen-bond acceptors (Lipinski definition) is 2. The van der Waals surface area contributed by atoms with E-state index in [0.29, 0.717) is 12.0 Å². The minimum atomic E-state index is -0.392. The zero-order valence-electron chi connectivity index (χ0n) is 10.2. The van der Waals surface area contributed by atoms with E-state index in [1.165, 1.54) is 17.0 Å². The van der Waals surface area contributed by atoms with Crippen molar-refractivity contribution in [2.75, 3.05) is 13.6 Å². The van der Waals surface area contributed by atoms with Gasteiger partial charge >= 0.3 is 0 Å². The Balaban J connectivity index is 2.08. The van der Waals surface area contributed by atoms with E-state index in [4.69, 9.17) is 0 Å². The molecule has 0 aliphatic carbocycles. The quantitative estimate of drug-likeness (QED) is 0.875. The SMILES string of the molecule is CNCCc1cc(Cc2cc(F)ccc2F)cs1. The highest BCUT2D eigenvalue weighted by Crippen LogP contribution is 2.20. The molecule has 0 fully saturated rings. The van der Waals surface area contributed by atoms with Gasteiger partial charge in [-0.3, -0.25) is 0 Å². The van der Waals surface area contributed by atoms with Gasteiger partial charge in [0.15, 0.2) is 0 Å². The number of benzene rings is 1. The van der Waals surface area contributed by atoms with Crippen molar-refractivity contribution in [2.45, 2.75) is 12.8 Å². The van der Waals surface area contributed by atoms with Gasteiger partial charge in [0, 0.05) is 11.3 Å². The van der Waals surface area contributed by atoms with Crippen LogP contribution in [0.4, 0.5) is 8.78 Å². The molecule has 1 N–H and O–H groups in total. The van der Waals surface area contributed by atoms with Crippen LogP contribution in [-0.2, 0) is 12.8 Å². The monoisotopic (exact) mass is 267 g/mol. The molecule has 0 spiro atoms. The molecule has 2 aromatic rings. The van der Waals surface area contributed by atoms with Crippen LogP contribution >= 0.6 is 11.3 Å². The summed E-state index contributed by atoms with van der Waals surface area (Å²) < 4.78 is 26.5. The molecule has 0 radical (unpaired) electrons. The summed E-state index contributed by atoms with van der Waals surface area (Å²) in [4.78, 5) is 1.26. The Hall–Kier alpha value is -1.26. The fourth-order valence-electron chi connectivity index (χ4n) is 1.80. The molecule has 1 aromatic heterocycles. The van der Waals surface area contributed by atoms with E-state index >= 15 is 0 Å². The fourth-order valence-corrected chi connectivity index (χ4v) is 2.69. The number of hydrogen-bond donors (Lipinski definition) is 1. The Morgan fingerprint density at radius 1 is 1.22 bits per heavy atom. The summed E-state index contributed by atoms with van der Waals surface area (Å²) >= 11 is 1.66. The largest absolute Gasteiger partial charge is 0.319 e. The Morgan fingerprint density at radius 3 is 2.83 bits per heavy atom. The number of halogens is 2. The average Bonchev–Trinajstić information content (AvgIpc) is 2.79. The molecule has 0 atom stereocenters. The highest BCUT2D eigenvalue weighted by molar-refractivity contribution is 7.10. The van der Waals surface area contributed by atoms with Crippen LogP contribution in [-0.4, -0.2) is 13.6 Å². The molecule has 0 aliphatic rings. The van der Waals surface area contributed by atoms with Gasteiger partial charge in [0.1, 0.15) is 11.6 Å². The Bertz CT molecular complexity index is 522. The molecule has 4 heteroatoms. The van der Waals surface area contributed by atoms with E-state index in [1.54, 1.807) is 11.3 Å². The smallest absolute Gasteiger partial charge is 0.126 e. The van der Waals surface area contributed by atoms with Crippen molar-refractivity contribution in [1.29, 1.82) is 0 Å². The molecule has 2 rings (SSSR count). The maximum Gasteiger partial charge on any atom is 0.126 e. The van der Waals surface area contributed by atoms with Crippen LogP contribution in [0, 0.1) is 11.6 Å². The lowest BCUT2D eigenvalue weighted by molar-refractivity contribution is 0.588. The lowest BCUT2D eigenvalue weighted by atomic mass is 10.1. The first-order valence-corrected chi connectivity index (χ1v) is 6.72. The van der Waals surface area contributed by atoms with Gasteiger partial charge in [0.25, 0.3) is 0 Å². The first-order chi connectivity index (χ1) is 8.69. The summed E-state index contributed by atoms with van der Waals surface area (Å²) in [6, 6.07) is 5.65. The van der Waals surface area contributed by atoms with Crippen molar-refractivity contribution in [2.24, 2.45) is 0 Å². The predicted molar refractivity (Wildman–Crippen MR) is 71.1 cm³/mol. The van der Waals surface area contributed by atoms with Crippen LogP contribution in [0.5, 0.6) is 0 Å². The van der Waals surface area contributed by atoms with Gasteiger partial charge in [-0.25, -0.2) is 8.78 Å². The minimum Gasteiger partial charge on any atom is -0.319 e. The molecule has 1 nitrogen and oxygen atoms in total. The third-order valence-corrected chi connectivity index (χ3v) is 3.78. The Kier molecular flexibility index (Phi) is 4.44. The average molecular weight is 267 g/mol. The maximum absolute atomic E-state index is 13.5. The van der Waals surface area contributed by atoms with E-state index in [2.05, 4.69) is 11.4 Å². The molecule has 0 aliphatic heterocycles. The summed E-state index contributed by atoms with van der Waals surface area (Å²) in [5.41, 5.74) is 1.45. The van der Waals surface area contributed by atoms with E-state index in [-0.39, 0.29) is 5.82 Å². The first-order valence-electron chi connectivity index (χ1n) is 5.84. The van der Waals surface area contributed by atoms with Gasteiger partial charge in [-0.2, -0.15) is 0 Å². The van der Waals surface area contributed by atoms with Crippen LogP contribution in [0.2, 0.25) is 0 Å². The molecule has 1 aromatic carbocycles. The highest BCUT2D eigenvalue weighted by Gasteiger charge is 2.07. The normalized spacial score (nSPS) is 10.8. The summed E-state index contributed by atoms with van der Waals surface area (Å²) in [6.07, 6.45) is 1.41. The molecule has 96 valence electrons. The first kappa shape index (κ1) is 13.2. The number of thiophene rings is 1. The lowest BCUT2D eigenvalue weighted by Crippen LogP contribution is -2.09. The maximum atomic E-state index is 13.5. The lowest BCUT2D eigenvalue weighted by Gasteiger charge is -2.01. The zero-order chi connectivity index (χ0) is 13.0. The van der Waals surface area contributed by atoms with Crippen LogP contribution in [0.15, 0.2) is 29.6 Å². The van der Waals surface area contributed by atoms with Gasteiger partial charge < -0.3 is 5.32 Å². The van der Waals surface area contributed by atoms with E-state index < -0.39 is 5.82 Å². The van der Waals surface area contributed by atoms with Crippen molar-refractivity contribution in [3.63, 3.8) is 0 Å². The second-order valence-corrected chi connectivity index (χ2v) is 5.18. The molecule has 0 bridgehead atoms. The summed E-state index contributed by atoms with van der Waals surface area (Å²) in [7, 11) is 1.91. The number of rotatable bonds is 5. The summed E-state index contributed by atoms with van der Waals surface area (Å²) in [5.74, 6) is -0.739. The van der Waals surface area contributed by atoms with Crippen molar-refractivity contribution < 1.29 is 8.78 Å². The van der Waals surface area contributed by atoms with Gasteiger partial charge in [0.05, 0.1) is 0 Å². The van der Waals surface area contributed by atoms with Crippen molar-refractivity contribution in [3.05, 3.63) is 57.3 Å². The summed E-state index contributed by atoms with van der Waals surface area (Å²) in [6.45, 7) is 0.925. The van der Waals surface area contributed by atoms with E-state index in [9.17, 15) is 8.78 Å². The van der Waals surface area contributed by atoms with Gasteiger partial charge in [0.2, 0.25) is 0 Å². The predicted octanol–water partition coefficient (Wildman–Crippen LogP) is 3.38. The van der Waals surface area contributed by atoms with Crippen molar-refractivity contribution >= 4 is 11.3 Å². The second kappa shape index (κ2) is 6.07. The van der Waals surface area contributed by atoms with Gasteiger partial charge in [-0.1, -0.05) is 0 Å². The fraction of sp³-hybridized carbons (Fsp3) is 0.286. The third-order valence-electron chi connectivity index (χ3n) is 2.73. The van der Waals surface area contributed by atoms with Gasteiger partial charge in [-0.05, 0) is 60.8 Å². The van der Waals surface area contributed by atoms with Crippen molar-refractivity contribution in [3.8, 4) is 0 Å². The molecular weight excluding hydrogens is 252 g/mol.